The van der Waals surface area contributed by atoms with E-state index in [-0.39, 0.29) is 25.3 Å². The Labute approximate surface area is 180 Å². The maximum atomic E-state index is 14.7. The molecule has 2 atom stereocenters. The molecule has 0 radical (unpaired) electrons. The van der Waals surface area contributed by atoms with Gasteiger partial charge in [0.2, 0.25) is 5.95 Å². The number of hydrogen-bond acceptors (Lipinski definition) is 6. The molecule has 31 heavy (non-hydrogen) atoms. The van der Waals surface area contributed by atoms with Crippen molar-refractivity contribution in [3.05, 3.63) is 36.5 Å². The number of anilines is 1. The lowest BCUT2D eigenvalue weighted by Crippen LogP contribution is -2.55. The number of piperidine rings is 1. The minimum Gasteiger partial charge on any atom is -0.340 e. The van der Waals surface area contributed by atoms with Crippen LogP contribution in [0.1, 0.15) is 19.0 Å². The lowest BCUT2D eigenvalue weighted by atomic mass is 9.86. The molecule has 3 aromatic heterocycles. The lowest BCUT2D eigenvalue weighted by molar-refractivity contribution is -0.108. The van der Waals surface area contributed by atoms with E-state index in [1.807, 2.05) is 6.26 Å². The smallest absolute Gasteiger partial charge is 0.281 e. The van der Waals surface area contributed by atoms with Crippen molar-refractivity contribution in [1.82, 2.24) is 29.1 Å². The van der Waals surface area contributed by atoms with Gasteiger partial charge in [0.15, 0.2) is 5.65 Å². The third kappa shape index (κ3) is 4.18. The van der Waals surface area contributed by atoms with Crippen LogP contribution in [-0.2, 0) is 11.9 Å². The van der Waals surface area contributed by atoms with E-state index in [0.29, 0.717) is 23.0 Å². The molecule has 4 heterocycles. The Morgan fingerprint density at radius 3 is 2.77 bits per heavy atom. The highest BCUT2D eigenvalue weighted by molar-refractivity contribution is 7.75. The Bertz CT molecular complexity index is 1060. The van der Waals surface area contributed by atoms with E-state index in [1.54, 1.807) is 11.0 Å². The molecule has 3 aromatic rings. The average Bonchev–Trinajstić information content (AvgIpc) is 3.18. The fourth-order valence-electron chi connectivity index (χ4n) is 3.73. The molecule has 0 saturated carbocycles. The Kier molecular flexibility index (Phi) is 6.02. The molecular weight excluding hydrogens is 434 g/mol. The Morgan fingerprint density at radius 1 is 1.23 bits per heavy atom. The molecule has 1 saturated heterocycles. The second-order valence-electron chi connectivity index (χ2n) is 7.49. The summed E-state index contributed by atoms with van der Waals surface area (Å²) >= 11 is 0.838. The fourth-order valence-corrected chi connectivity index (χ4v) is 4.14. The molecule has 4 rings (SSSR count). The number of halogens is 4. The molecule has 0 bridgehead atoms. The van der Waals surface area contributed by atoms with Crippen LogP contribution >= 0.6 is 0 Å². The molecule has 0 aromatic carbocycles. The first-order chi connectivity index (χ1) is 14.8. The van der Waals surface area contributed by atoms with Gasteiger partial charge in [-0.05, 0) is 6.07 Å². The number of rotatable bonds is 6. The molecule has 1 aliphatic heterocycles. The van der Waals surface area contributed by atoms with Crippen molar-refractivity contribution in [3.8, 4) is 11.4 Å². The van der Waals surface area contributed by atoms with Gasteiger partial charge < -0.3 is 4.90 Å². The topological polar surface area (TPSA) is 71.2 Å². The van der Waals surface area contributed by atoms with Gasteiger partial charge in [0, 0.05) is 31.4 Å². The second kappa shape index (κ2) is 8.58. The van der Waals surface area contributed by atoms with Gasteiger partial charge in [-0.1, -0.05) is 6.92 Å². The summed E-state index contributed by atoms with van der Waals surface area (Å²) in [7, 11) is 0. The quantitative estimate of drug-likeness (QED) is 0.350. The Morgan fingerprint density at radius 2 is 2.03 bits per heavy atom. The van der Waals surface area contributed by atoms with Crippen molar-refractivity contribution in [1.29, 1.82) is 0 Å². The number of nitrogens with zero attached hydrogens (tertiary/aromatic N) is 6. The molecule has 0 spiro atoms. The zero-order chi connectivity index (χ0) is 22.2. The minimum atomic E-state index is -2.80. The Hall–Kier alpha value is -2.47. The third-order valence-electron chi connectivity index (χ3n) is 5.46. The largest absolute Gasteiger partial charge is 0.340 e. The number of fused-ring (bicyclic) bond motifs is 1. The second-order valence-corrected chi connectivity index (χ2v) is 8.25. The molecule has 1 fully saturated rings. The van der Waals surface area contributed by atoms with Crippen molar-refractivity contribution in [3.63, 3.8) is 0 Å². The standard InChI is InChI=1S/C19H21F4N7S/c1-11-8-29(9-12(5-27-31-2)19(11,22)23)18-24-4-3-13(28-18)15-6-26-16-7-25-14(17(20)21)10-30(15)16/h3-4,6-7,10-12,17,27H,5,8-9H2,1-2H3/p+1. The van der Waals surface area contributed by atoms with Gasteiger partial charge in [-0.3, -0.25) is 4.40 Å². The average molecular weight is 456 g/mol. The van der Waals surface area contributed by atoms with Crippen LogP contribution in [0.4, 0.5) is 23.5 Å². The van der Waals surface area contributed by atoms with Crippen LogP contribution < -0.4 is 9.62 Å². The summed E-state index contributed by atoms with van der Waals surface area (Å²) < 4.78 is 59.9. The molecular formula is C19H22F4N7S+. The van der Waals surface area contributed by atoms with Gasteiger partial charge in [-0.15, -0.1) is 4.72 Å². The number of thiol groups is 1. The lowest BCUT2D eigenvalue weighted by Gasteiger charge is -2.42. The summed E-state index contributed by atoms with van der Waals surface area (Å²) in [5.41, 5.74) is 0.964. The zero-order valence-electron chi connectivity index (χ0n) is 16.9. The van der Waals surface area contributed by atoms with Crippen LogP contribution in [0.2, 0.25) is 0 Å². The summed E-state index contributed by atoms with van der Waals surface area (Å²) in [4.78, 5) is 18.5. The molecule has 7 nitrogen and oxygen atoms in total. The minimum absolute atomic E-state index is 0.107. The van der Waals surface area contributed by atoms with E-state index < -0.39 is 24.2 Å². The van der Waals surface area contributed by atoms with E-state index in [2.05, 4.69) is 24.7 Å². The SMILES string of the molecule is C[SH+]NCC1CN(c2nccc(-c3cnc4cnc(C(F)F)cn34)n2)CC(C)C1(F)F. The van der Waals surface area contributed by atoms with E-state index in [9.17, 15) is 17.6 Å². The number of nitrogens with one attached hydrogen (secondary N) is 1. The van der Waals surface area contributed by atoms with Crippen molar-refractivity contribution < 1.29 is 17.6 Å². The van der Waals surface area contributed by atoms with Crippen LogP contribution in [0.15, 0.2) is 30.9 Å². The van der Waals surface area contributed by atoms with E-state index in [4.69, 9.17) is 0 Å². The van der Waals surface area contributed by atoms with Gasteiger partial charge >= 0.3 is 0 Å². The summed E-state index contributed by atoms with van der Waals surface area (Å²) in [6, 6.07) is 1.63. The molecule has 1 N–H and O–H groups in total. The van der Waals surface area contributed by atoms with Crippen molar-refractivity contribution in [2.75, 3.05) is 30.8 Å². The summed E-state index contributed by atoms with van der Waals surface area (Å²) in [6.07, 6.45) is 4.66. The Balaban J connectivity index is 1.66. The first kappa shape index (κ1) is 21.8. The summed E-state index contributed by atoms with van der Waals surface area (Å²) in [5, 5.41) is 0. The predicted octanol–water partition coefficient (Wildman–Crippen LogP) is 2.78. The highest BCUT2D eigenvalue weighted by Crippen LogP contribution is 2.38. The highest BCUT2D eigenvalue weighted by Gasteiger charge is 2.50. The molecule has 0 aliphatic carbocycles. The van der Waals surface area contributed by atoms with E-state index in [1.165, 1.54) is 36.1 Å². The normalized spacial score (nSPS) is 21.2. The molecule has 166 valence electrons. The van der Waals surface area contributed by atoms with Gasteiger partial charge in [0.05, 0.1) is 48.2 Å². The monoisotopic (exact) mass is 456 g/mol. The van der Waals surface area contributed by atoms with Gasteiger partial charge in [0.1, 0.15) is 11.9 Å². The maximum Gasteiger partial charge on any atom is 0.281 e. The van der Waals surface area contributed by atoms with Crippen molar-refractivity contribution in [2.24, 2.45) is 11.8 Å². The first-order valence-corrected chi connectivity index (χ1v) is 11.0. The first-order valence-electron chi connectivity index (χ1n) is 9.70. The number of imidazole rings is 1. The summed E-state index contributed by atoms with van der Waals surface area (Å²) in [6.45, 7) is 1.93. The third-order valence-corrected chi connectivity index (χ3v) is 5.96. The zero-order valence-corrected chi connectivity index (χ0v) is 17.8. The van der Waals surface area contributed by atoms with Gasteiger partial charge in [0.25, 0.3) is 12.3 Å². The van der Waals surface area contributed by atoms with Crippen LogP contribution in [0.5, 0.6) is 0 Å². The van der Waals surface area contributed by atoms with Gasteiger partial charge in [-0.2, -0.15) is 0 Å². The maximum absolute atomic E-state index is 14.7. The summed E-state index contributed by atoms with van der Waals surface area (Å²) in [5.74, 6) is -4.24. The van der Waals surface area contributed by atoms with Crippen LogP contribution in [0.3, 0.4) is 0 Å². The predicted molar refractivity (Wildman–Crippen MR) is 111 cm³/mol. The van der Waals surface area contributed by atoms with Crippen molar-refractivity contribution >= 4 is 23.5 Å². The van der Waals surface area contributed by atoms with E-state index >= 15 is 0 Å². The van der Waals surface area contributed by atoms with Crippen molar-refractivity contribution in [2.45, 2.75) is 19.3 Å². The number of aromatic nitrogens is 5. The molecule has 12 heteroatoms. The van der Waals surface area contributed by atoms with Crippen LogP contribution in [0.25, 0.3) is 17.0 Å². The number of hydrogen-bond donors (Lipinski definition) is 1. The number of alkyl halides is 4. The van der Waals surface area contributed by atoms with Crippen LogP contribution in [-0.4, -0.2) is 56.1 Å². The highest BCUT2D eigenvalue weighted by atomic mass is 32.2. The van der Waals surface area contributed by atoms with Gasteiger partial charge in [-0.25, -0.2) is 37.5 Å². The van der Waals surface area contributed by atoms with Crippen LogP contribution in [0, 0.1) is 11.8 Å². The molecule has 1 aliphatic rings. The fraction of sp³-hybridized carbons (Fsp3) is 0.474. The molecule has 0 amide bonds. The molecule has 2 unspecified atom stereocenters. The van der Waals surface area contributed by atoms with E-state index in [0.717, 1.165) is 11.9 Å².